The Bertz CT molecular complexity index is 620. The van der Waals surface area contributed by atoms with Gasteiger partial charge in [-0.2, -0.15) is 0 Å². The number of hydrogen-bond donors (Lipinski definition) is 1. The molecule has 1 N–H and O–H groups in total. The Morgan fingerprint density at radius 1 is 1.32 bits per heavy atom. The molecule has 118 valence electrons. The van der Waals surface area contributed by atoms with Gasteiger partial charge < -0.3 is 9.84 Å². The summed E-state index contributed by atoms with van der Waals surface area (Å²) < 4.78 is 7.29. The first-order chi connectivity index (χ1) is 10.6. The van der Waals surface area contributed by atoms with Crippen LogP contribution in [0.25, 0.3) is 0 Å². The van der Waals surface area contributed by atoms with Crippen LogP contribution in [0.3, 0.4) is 0 Å². The molecule has 0 radical (unpaired) electrons. The Morgan fingerprint density at radius 2 is 2.05 bits per heavy atom. The van der Waals surface area contributed by atoms with Gasteiger partial charge in [0.15, 0.2) is 5.69 Å². The zero-order valence-corrected chi connectivity index (χ0v) is 13.0. The van der Waals surface area contributed by atoms with Gasteiger partial charge in [0.25, 0.3) is 0 Å². The van der Waals surface area contributed by atoms with Crippen LogP contribution in [0.2, 0.25) is 0 Å². The maximum Gasteiger partial charge on any atom is 0.358 e. The molecule has 0 fully saturated rings. The molecule has 0 unspecified atom stereocenters. The normalized spacial score (nSPS) is 10.6. The van der Waals surface area contributed by atoms with E-state index in [-0.39, 0.29) is 5.69 Å². The Kier molecular flexibility index (Phi) is 5.52. The third-order valence-electron chi connectivity index (χ3n) is 3.40. The van der Waals surface area contributed by atoms with Crippen LogP contribution in [-0.2, 0) is 13.0 Å². The van der Waals surface area contributed by atoms with Crippen molar-refractivity contribution in [1.82, 2.24) is 15.0 Å². The van der Waals surface area contributed by atoms with Gasteiger partial charge in [-0.15, -0.1) is 5.10 Å². The van der Waals surface area contributed by atoms with Gasteiger partial charge in [0.2, 0.25) is 0 Å². The number of ether oxygens (including phenoxy) is 1. The molecular weight excluding hydrogens is 282 g/mol. The fourth-order valence-corrected chi connectivity index (χ4v) is 2.15. The van der Waals surface area contributed by atoms with Crippen molar-refractivity contribution in [3.8, 4) is 5.75 Å². The second-order valence-electron chi connectivity index (χ2n) is 5.18. The molecule has 0 bridgehead atoms. The fourth-order valence-electron chi connectivity index (χ4n) is 2.15. The standard InChI is InChI=1S/C16H21N3O3/c1-3-4-5-14-15(16(20)21)17-18-19(14)10-11-22-13-8-6-12(2)7-9-13/h6-9H,3-5,10-11H2,1-2H3,(H,20,21). The number of nitrogens with zero attached hydrogens (tertiary/aromatic N) is 3. The van der Waals surface area contributed by atoms with Crippen LogP contribution in [0.5, 0.6) is 5.75 Å². The highest BCUT2D eigenvalue weighted by Crippen LogP contribution is 2.13. The zero-order chi connectivity index (χ0) is 15.9. The first kappa shape index (κ1) is 16.0. The number of hydrogen-bond acceptors (Lipinski definition) is 4. The summed E-state index contributed by atoms with van der Waals surface area (Å²) in [5.41, 5.74) is 1.89. The highest BCUT2D eigenvalue weighted by atomic mass is 16.5. The quantitative estimate of drug-likeness (QED) is 0.811. The van der Waals surface area contributed by atoms with E-state index >= 15 is 0 Å². The maximum absolute atomic E-state index is 11.2. The van der Waals surface area contributed by atoms with Crippen molar-refractivity contribution in [2.45, 2.75) is 39.7 Å². The summed E-state index contributed by atoms with van der Waals surface area (Å²) in [5.74, 6) is -0.240. The van der Waals surface area contributed by atoms with Gasteiger partial charge in [-0.25, -0.2) is 9.48 Å². The van der Waals surface area contributed by atoms with Crippen molar-refractivity contribution < 1.29 is 14.6 Å². The van der Waals surface area contributed by atoms with E-state index in [4.69, 9.17) is 9.84 Å². The number of unbranched alkanes of at least 4 members (excludes halogenated alkanes) is 1. The van der Waals surface area contributed by atoms with Crippen molar-refractivity contribution >= 4 is 5.97 Å². The molecule has 1 aromatic carbocycles. The summed E-state index contributed by atoms with van der Waals surface area (Å²) in [6.07, 6.45) is 2.56. The lowest BCUT2D eigenvalue weighted by Gasteiger charge is -2.09. The minimum absolute atomic E-state index is 0.0452. The van der Waals surface area contributed by atoms with Gasteiger partial charge in [-0.1, -0.05) is 36.3 Å². The average Bonchev–Trinajstić information content (AvgIpc) is 2.90. The molecule has 6 heteroatoms. The molecule has 22 heavy (non-hydrogen) atoms. The monoisotopic (exact) mass is 303 g/mol. The molecule has 0 atom stereocenters. The van der Waals surface area contributed by atoms with Crippen LogP contribution in [0.1, 0.15) is 41.5 Å². The third-order valence-corrected chi connectivity index (χ3v) is 3.40. The van der Waals surface area contributed by atoms with E-state index in [1.165, 1.54) is 5.56 Å². The first-order valence-electron chi connectivity index (χ1n) is 7.47. The predicted octanol–water partition coefficient (Wildman–Crippen LogP) is 2.71. The number of carboxylic acid groups (broad SMARTS) is 1. The van der Waals surface area contributed by atoms with E-state index in [2.05, 4.69) is 17.2 Å². The van der Waals surface area contributed by atoms with Crippen LogP contribution in [0.4, 0.5) is 0 Å². The fraction of sp³-hybridized carbons (Fsp3) is 0.438. The van der Waals surface area contributed by atoms with Crippen LogP contribution in [-0.4, -0.2) is 32.7 Å². The molecule has 0 aliphatic carbocycles. The zero-order valence-electron chi connectivity index (χ0n) is 13.0. The molecule has 2 aromatic rings. The maximum atomic E-state index is 11.2. The summed E-state index contributed by atoms with van der Waals surface area (Å²) in [6, 6.07) is 7.80. The molecule has 0 aliphatic rings. The Morgan fingerprint density at radius 3 is 2.68 bits per heavy atom. The molecule has 0 amide bonds. The number of aromatic nitrogens is 3. The minimum Gasteiger partial charge on any atom is -0.492 e. The van der Waals surface area contributed by atoms with Gasteiger partial charge in [0, 0.05) is 0 Å². The lowest BCUT2D eigenvalue weighted by atomic mass is 10.1. The van der Waals surface area contributed by atoms with E-state index in [1.807, 2.05) is 31.2 Å². The summed E-state index contributed by atoms with van der Waals surface area (Å²) in [5, 5.41) is 16.9. The van der Waals surface area contributed by atoms with Crippen LogP contribution >= 0.6 is 0 Å². The Balaban J connectivity index is 1.99. The highest BCUT2D eigenvalue weighted by molar-refractivity contribution is 5.86. The third kappa shape index (κ3) is 4.07. The second-order valence-corrected chi connectivity index (χ2v) is 5.18. The van der Waals surface area contributed by atoms with E-state index in [0.29, 0.717) is 25.3 Å². The highest BCUT2D eigenvalue weighted by Gasteiger charge is 2.18. The smallest absolute Gasteiger partial charge is 0.358 e. The van der Waals surface area contributed by atoms with Crippen LogP contribution in [0.15, 0.2) is 24.3 Å². The topological polar surface area (TPSA) is 77.2 Å². The summed E-state index contributed by atoms with van der Waals surface area (Å²) >= 11 is 0. The van der Waals surface area contributed by atoms with Crippen molar-refractivity contribution in [1.29, 1.82) is 0 Å². The van der Waals surface area contributed by atoms with Gasteiger partial charge in [-0.05, 0) is 31.9 Å². The molecule has 0 spiro atoms. The number of carbonyl (C=O) groups is 1. The van der Waals surface area contributed by atoms with Gasteiger partial charge in [0.05, 0.1) is 12.2 Å². The molecule has 0 saturated carbocycles. The average molecular weight is 303 g/mol. The van der Waals surface area contributed by atoms with E-state index in [9.17, 15) is 4.79 Å². The number of benzene rings is 1. The number of aryl methyl sites for hydroxylation is 1. The number of aromatic carboxylic acids is 1. The van der Waals surface area contributed by atoms with Gasteiger partial charge in [-0.3, -0.25) is 0 Å². The van der Waals surface area contributed by atoms with Gasteiger partial charge in [0.1, 0.15) is 12.4 Å². The lowest BCUT2D eigenvalue weighted by molar-refractivity contribution is 0.0689. The molecule has 0 saturated heterocycles. The molecule has 1 aromatic heterocycles. The summed E-state index contributed by atoms with van der Waals surface area (Å²) in [4.78, 5) is 11.2. The second kappa shape index (κ2) is 7.59. The van der Waals surface area contributed by atoms with Crippen LogP contribution < -0.4 is 4.74 Å². The predicted molar refractivity (Wildman–Crippen MR) is 82.3 cm³/mol. The lowest BCUT2D eigenvalue weighted by Crippen LogP contribution is -2.13. The van der Waals surface area contributed by atoms with Crippen molar-refractivity contribution in [2.75, 3.05) is 6.61 Å². The molecular formula is C16H21N3O3. The first-order valence-corrected chi connectivity index (χ1v) is 7.47. The van der Waals surface area contributed by atoms with Gasteiger partial charge >= 0.3 is 5.97 Å². The number of rotatable bonds is 8. The minimum atomic E-state index is -1.03. The molecule has 2 rings (SSSR count). The SMILES string of the molecule is CCCCc1c(C(=O)O)nnn1CCOc1ccc(C)cc1. The van der Waals surface area contributed by atoms with Crippen molar-refractivity contribution in [3.63, 3.8) is 0 Å². The largest absolute Gasteiger partial charge is 0.492 e. The molecule has 1 heterocycles. The van der Waals surface area contributed by atoms with E-state index in [1.54, 1.807) is 4.68 Å². The molecule has 0 aliphatic heterocycles. The van der Waals surface area contributed by atoms with Crippen molar-refractivity contribution in [2.24, 2.45) is 0 Å². The Labute approximate surface area is 129 Å². The van der Waals surface area contributed by atoms with Crippen LogP contribution in [0, 0.1) is 6.92 Å². The summed E-state index contributed by atoms with van der Waals surface area (Å²) in [6.45, 7) is 4.99. The van der Waals surface area contributed by atoms with E-state index in [0.717, 1.165) is 18.6 Å². The molecule has 6 nitrogen and oxygen atoms in total. The Hall–Kier alpha value is -2.37. The van der Waals surface area contributed by atoms with E-state index < -0.39 is 5.97 Å². The number of carboxylic acids is 1. The van der Waals surface area contributed by atoms with Crippen molar-refractivity contribution in [3.05, 3.63) is 41.2 Å². The summed E-state index contributed by atoms with van der Waals surface area (Å²) in [7, 11) is 0.